The smallest absolute Gasteiger partial charge is 0.329 e. The molecule has 2 aromatic heterocycles. The molecule has 0 saturated carbocycles. The van der Waals surface area contributed by atoms with Gasteiger partial charge in [-0.3, -0.25) is 19.1 Å². The third-order valence-electron chi connectivity index (χ3n) is 6.32. The van der Waals surface area contributed by atoms with Gasteiger partial charge in [-0.2, -0.15) is 4.98 Å². The molecule has 34 heavy (non-hydrogen) atoms. The summed E-state index contributed by atoms with van der Waals surface area (Å²) in [6.07, 6.45) is 0.716. The topological polar surface area (TPSA) is 96.2 Å². The van der Waals surface area contributed by atoms with Gasteiger partial charge in [0.05, 0.1) is 0 Å². The van der Waals surface area contributed by atoms with E-state index < -0.39 is 11.2 Å². The van der Waals surface area contributed by atoms with Crippen molar-refractivity contribution >= 4 is 23.0 Å². The highest BCUT2D eigenvalue weighted by atomic mass is 16.2. The van der Waals surface area contributed by atoms with E-state index >= 15 is 0 Å². The highest BCUT2D eigenvalue weighted by molar-refractivity contribution is 5.94. The summed E-state index contributed by atoms with van der Waals surface area (Å²) in [6.45, 7) is 2.80. The van der Waals surface area contributed by atoms with E-state index in [1.807, 2.05) is 70.1 Å². The third kappa shape index (κ3) is 4.00. The molecule has 0 radical (unpaired) electrons. The molecule has 4 aromatic rings. The molecule has 0 unspecified atom stereocenters. The summed E-state index contributed by atoms with van der Waals surface area (Å²) in [5.41, 5.74) is 1.63. The third-order valence-corrected chi connectivity index (χ3v) is 6.32. The lowest BCUT2D eigenvalue weighted by Crippen LogP contribution is -2.49. The zero-order chi connectivity index (χ0) is 23.7. The highest BCUT2D eigenvalue weighted by Crippen LogP contribution is 2.22. The van der Waals surface area contributed by atoms with Gasteiger partial charge in [0.15, 0.2) is 11.2 Å². The number of nitrogens with one attached hydrogen (secondary N) is 1. The van der Waals surface area contributed by atoms with Gasteiger partial charge in [-0.1, -0.05) is 48.5 Å². The predicted octanol–water partition coefficient (Wildman–Crippen LogP) is 1.63. The maximum Gasteiger partial charge on any atom is 0.329 e. The highest BCUT2D eigenvalue weighted by Gasteiger charge is 2.27. The van der Waals surface area contributed by atoms with E-state index in [-0.39, 0.29) is 5.91 Å². The molecule has 1 fully saturated rings. The molecule has 0 bridgehead atoms. The number of H-pyrrole nitrogens is 1. The van der Waals surface area contributed by atoms with Gasteiger partial charge in [0.1, 0.15) is 0 Å². The van der Waals surface area contributed by atoms with Gasteiger partial charge >= 0.3 is 5.69 Å². The van der Waals surface area contributed by atoms with Crippen LogP contribution in [0.1, 0.15) is 15.9 Å². The minimum absolute atomic E-state index is 0.0108. The first-order chi connectivity index (χ1) is 16.5. The Morgan fingerprint density at radius 1 is 0.941 bits per heavy atom. The number of piperazine rings is 1. The Bertz CT molecular complexity index is 1430. The molecule has 3 heterocycles. The van der Waals surface area contributed by atoms with Gasteiger partial charge in [0.2, 0.25) is 5.95 Å². The number of aryl methyl sites for hydroxylation is 3. The summed E-state index contributed by atoms with van der Waals surface area (Å²) in [7, 11) is 1.61. The van der Waals surface area contributed by atoms with Crippen molar-refractivity contribution in [2.75, 3.05) is 31.1 Å². The van der Waals surface area contributed by atoms with Crippen molar-refractivity contribution in [3.8, 4) is 0 Å². The number of hydrogen-bond donors (Lipinski definition) is 1. The van der Waals surface area contributed by atoms with Crippen LogP contribution in [-0.2, 0) is 20.0 Å². The van der Waals surface area contributed by atoms with E-state index in [9.17, 15) is 14.4 Å². The number of imidazole rings is 1. The van der Waals surface area contributed by atoms with Gasteiger partial charge in [0, 0.05) is 45.3 Å². The second-order valence-electron chi connectivity index (χ2n) is 8.43. The summed E-state index contributed by atoms with van der Waals surface area (Å²) in [5, 5.41) is 0. The number of hydrogen-bond acceptors (Lipinski definition) is 5. The molecule has 0 atom stereocenters. The summed E-state index contributed by atoms with van der Waals surface area (Å²) in [4.78, 5) is 48.8. The number of amides is 1. The molecule has 9 nitrogen and oxygen atoms in total. The van der Waals surface area contributed by atoms with E-state index in [1.54, 1.807) is 7.05 Å². The Morgan fingerprint density at radius 2 is 1.59 bits per heavy atom. The molecule has 2 aromatic carbocycles. The van der Waals surface area contributed by atoms with Crippen molar-refractivity contribution in [1.29, 1.82) is 0 Å². The van der Waals surface area contributed by atoms with Crippen LogP contribution in [0, 0.1) is 0 Å². The molecular formula is C25H26N6O3. The number of carbonyl (C=O) groups excluding carboxylic acids is 1. The lowest BCUT2D eigenvalue weighted by molar-refractivity contribution is 0.0746. The molecule has 1 amide bonds. The van der Waals surface area contributed by atoms with E-state index in [1.165, 1.54) is 4.57 Å². The van der Waals surface area contributed by atoms with Crippen molar-refractivity contribution in [3.63, 3.8) is 0 Å². The Labute approximate surface area is 195 Å². The number of benzene rings is 2. The van der Waals surface area contributed by atoms with Gasteiger partial charge in [-0.15, -0.1) is 0 Å². The van der Waals surface area contributed by atoms with E-state index in [0.717, 1.165) is 5.56 Å². The van der Waals surface area contributed by atoms with Crippen LogP contribution in [0.4, 0.5) is 5.95 Å². The van der Waals surface area contributed by atoms with Crippen LogP contribution in [0.25, 0.3) is 11.2 Å². The standard InChI is InChI=1S/C25H26N6O3/c1-28-21-20(22(32)27-25(28)34)31(13-12-18-8-4-2-5-9-18)24(26-21)30-16-14-29(15-17-30)23(33)19-10-6-3-7-11-19/h2-11H,12-17H2,1H3,(H,27,32,34). The Kier molecular flexibility index (Phi) is 5.75. The van der Waals surface area contributed by atoms with Crippen LogP contribution in [0.3, 0.4) is 0 Å². The minimum atomic E-state index is -0.491. The number of aromatic nitrogens is 4. The number of anilines is 1. The Hall–Kier alpha value is -4.14. The van der Waals surface area contributed by atoms with Crippen LogP contribution in [0.2, 0.25) is 0 Å². The summed E-state index contributed by atoms with van der Waals surface area (Å²) >= 11 is 0. The second kappa shape index (κ2) is 9.01. The van der Waals surface area contributed by atoms with Crippen LogP contribution in [0.15, 0.2) is 70.3 Å². The van der Waals surface area contributed by atoms with Gasteiger partial charge in [-0.25, -0.2) is 4.79 Å². The first-order valence-electron chi connectivity index (χ1n) is 11.4. The second-order valence-corrected chi connectivity index (χ2v) is 8.43. The molecule has 1 aliphatic heterocycles. The SMILES string of the molecule is Cn1c(=O)[nH]c(=O)c2c1nc(N1CCN(C(=O)c3ccccc3)CC1)n2CCc1ccccc1. The number of carbonyl (C=O) groups is 1. The zero-order valence-electron chi connectivity index (χ0n) is 19.0. The molecule has 1 saturated heterocycles. The Balaban J connectivity index is 1.45. The summed E-state index contributed by atoms with van der Waals surface area (Å²) < 4.78 is 3.27. The molecule has 1 aliphatic rings. The fourth-order valence-corrected chi connectivity index (χ4v) is 4.43. The summed E-state index contributed by atoms with van der Waals surface area (Å²) in [5.74, 6) is 0.654. The fraction of sp³-hybridized carbons (Fsp3) is 0.280. The normalized spacial score (nSPS) is 14.0. The minimum Gasteiger partial charge on any atom is -0.339 e. The molecule has 9 heteroatoms. The first kappa shape index (κ1) is 21.7. The number of aromatic amines is 1. The average Bonchev–Trinajstić information content (AvgIpc) is 3.27. The quantitative estimate of drug-likeness (QED) is 0.490. The molecule has 0 aliphatic carbocycles. The van der Waals surface area contributed by atoms with E-state index in [0.29, 0.717) is 61.8 Å². The van der Waals surface area contributed by atoms with Gasteiger partial charge in [0.25, 0.3) is 11.5 Å². The van der Waals surface area contributed by atoms with Crippen LogP contribution >= 0.6 is 0 Å². The summed E-state index contributed by atoms with van der Waals surface area (Å²) in [6, 6.07) is 19.3. The van der Waals surface area contributed by atoms with Crippen molar-refractivity contribution in [1.82, 2.24) is 24.0 Å². The molecule has 174 valence electrons. The lowest BCUT2D eigenvalue weighted by atomic mass is 10.1. The van der Waals surface area contributed by atoms with E-state index in [4.69, 9.17) is 4.98 Å². The number of nitrogens with zero attached hydrogens (tertiary/aromatic N) is 5. The van der Waals surface area contributed by atoms with Gasteiger partial charge in [-0.05, 0) is 24.1 Å². The van der Waals surface area contributed by atoms with Crippen molar-refractivity contribution in [2.45, 2.75) is 13.0 Å². The molecular weight excluding hydrogens is 432 g/mol. The molecule has 1 N–H and O–H groups in total. The Morgan fingerprint density at radius 3 is 2.26 bits per heavy atom. The lowest BCUT2D eigenvalue weighted by Gasteiger charge is -2.35. The van der Waals surface area contributed by atoms with Crippen LogP contribution in [-0.4, -0.2) is 56.1 Å². The maximum absolute atomic E-state index is 12.8. The molecule has 5 rings (SSSR count). The number of rotatable bonds is 5. The van der Waals surface area contributed by atoms with Crippen molar-refractivity contribution in [2.24, 2.45) is 7.05 Å². The van der Waals surface area contributed by atoms with Crippen LogP contribution < -0.4 is 16.1 Å². The van der Waals surface area contributed by atoms with E-state index in [2.05, 4.69) is 9.88 Å². The van der Waals surface area contributed by atoms with Crippen molar-refractivity contribution in [3.05, 3.63) is 92.6 Å². The maximum atomic E-state index is 12.8. The molecule has 0 spiro atoms. The monoisotopic (exact) mass is 458 g/mol. The fourth-order valence-electron chi connectivity index (χ4n) is 4.43. The number of fused-ring (bicyclic) bond motifs is 1. The zero-order valence-corrected chi connectivity index (χ0v) is 19.0. The first-order valence-corrected chi connectivity index (χ1v) is 11.4. The average molecular weight is 459 g/mol. The van der Waals surface area contributed by atoms with Crippen molar-refractivity contribution < 1.29 is 4.79 Å². The predicted molar refractivity (Wildman–Crippen MR) is 130 cm³/mol. The van der Waals surface area contributed by atoms with Crippen LogP contribution in [0.5, 0.6) is 0 Å². The largest absolute Gasteiger partial charge is 0.339 e. The van der Waals surface area contributed by atoms with Gasteiger partial charge < -0.3 is 14.4 Å².